The molecule has 0 radical (unpaired) electrons. The molecule has 0 heterocycles. The highest BCUT2D eigenvalue weighted by molar-refractivity contribution is 5.93. The number of nitrogens with zero attached hydrogens (tertiary/aromatic N) is 1. The fourth-order valence-corrected chi connectivity index (χ4v) is 2.40. The summed E-state index contributed by atoms with van der Waals surface area (Å²) < 4.78 is 4.93. The SMILES string of the molecule is COCCCC(CC(=O)O)NC(=O)CCC(=O)Nc1ccc(C=NN)cc1. The van der Waals surface area contributed by atoms with Gasteiger partial charge in [0.1, 0.15) is 0 Å². The lowest BCUT2D eigenvalue weighted by Crippen LogP contribution is -2.37. The van der Waals surface area contributed by atoms with Crippen molar-refractivity contribution in [2.24, 2.45) is 10.9 Å². The maximum Gasteiger partial charge on any atom is 0.305 e. The summed E-state index contributed by atoms with van der Waals surface area (Å²) in [5, 5.41) is 17.7. The molecule has 1 atom stereocenters. The molecule has 1 aromatic carbocycles. The second kappa shape index (κ2) is 12.4. The van der Waals surface area contributed by atoms with Crippen LogP contribution in [0.4, 0.5) is 5.69 Å². The molecular weight excluding hydrogens is 352 g/mol. The van der Waals surface area contributed by atoms with Crippen LogP contribution in [0.15, 0.2) is 29.4 Å². The first-order chi connectivity index (χ1) is 12.9. The van der Waals surface area contributed by atoms with Crippen LogP contribution in [-0.2, 0) is 19.1 Å². The van der Waals surface area contributed by atoms with E-state index in [4.69, 9.17) is 15.7 Å². The van der Waals surface area contributed by atoms with Gasteiger partial charge in [0.05, 0.1) is 12.6 Å². The van der Waals surface area contributed by atoms with Crippen molar-refractivity contribution in [2.45, 2.75) is 38.1 Å². The molecule has 0 saturated carbocycles. The van der Waals surface area contributed by atoms with Gasteiger partial charge in [-0.15, -0.1) is 0 Å². The Morgan fingerprint density at radius 1 is 1.22 bits per heavy atom. The minimum atomic E-state index is -0.987. The molecule has 2 amide bonds. The van der Waals surface area contributed by atoms with E-state index >= 15 is 0 Å². The van der Waals surface area contributed by atoms with Crippen LogP contribution in [0, 0.1) is 0 Å². The number of hydrogen-bond donors (Lipinski definition) is 4. The van der Waals surface area contributed by atoms with Gasteiger partial charge in [-0.1, -0.05) is 12.1 Å². The van der Waals surface area contributed by atoms with Crippen molar-refractivity contribution in [1.29, 1.82) is 0 Å². The van der Waals surface area contributed by atoms with Crippen LogP contribution in [0.3, 0.4) is 0 Å². The van der Waals surface area contributed by atoms with Crippen molar-refractivity contribution in [1.82, 2.24) is 5.32 Å². The highest BCUT2D eigenvalue weighted by Gasteiger charge is 2.16. The van der Waals surface area contributed by atoms with Crippen molar-refractivity contribution in [3.63, 3.8) is 0 Å². The van der Waals surface area contributed by atoms with Crippen LogP contribution in [0.25, 0.3) is 0 Å². The predicted molar refractivity (Wildman–Crippen MR) is 101 cm³/mol. The monoisotopic (exact) mass is 378 g/mol. The average molecular weight is 378 g/mol. The number of nitrogens with two attached hydrogens (primary N) is 1. The molecular formula is C18H26N4O5. The number of anilines is 1. The first-order valence-corrected chi connectivity index (χ1v) is 8.58. The maximum absolute atomic E-state index is 12.0. The van der Waals surface area contributed by atoms with Gasteiger partial charge >= 0.3 is 5.97 Å². The molecule has 5 N–H and O–H groups in total. The highest BCUT2D eigenvalue weighted by atomic mass is 16.5. The second-order valence-electron chi connectivity index (χ2n) is 5.95. The Balaban J connectivity index is 2.41. The molecule has 0 aliphatic rings. The van der Waals surface area contributed by atoms with Crippen molar-refractivity contribution in [3.8, 4) is 0 Å². The molecule has 1 aromatic rings. The summed E-state index contributed by atoms with van der Waals surface area (Å²) in [4.78, 5) is 34.8. The maximum atomic E-state index is 12.0. The molecule has 9 nitrogen and oxygen atoms in total. The van der Waals surface area contributed by atoms with Gasteiger partial charge in [-0.3, -0.25) is 14.4 Å². The third-order valence-corrected chi connectivity index (χ3v) is 3.68. The predicted octanol–water partition coefficient (Wildman–Crippen LogP) is 1.08. The van der Waals surface area contributed by atoms with Gasteiger partial charge in [0, 0.05) is 38.3 Å². The van der Waals surface area contributed by atoms with Gasteiger partial charge in [-0.25, -0.2) is 0 Å². The number of ether oxygens (including phenoxy) is 1. The van der Waals surface area contributed by atoms with Crippen molar-refractivity contribution in [2.75, 3.05) is 19.0 Å². The summed E-state index contributed by atoms with van der Waals surface area (Å²) >= 11 is 0. The second-order valence-corrected chi connectivity index (χ2v) is 5.95. The average Bonchev–Trinajstić information content (AvgIpc) is 2.61. The smallest absolute Gasteiger partial charge is 0.305 e. The zero-order valence-electron chi connectivity index (χ0n) is 15.3. The number of amides is 2. The number of benzene rings is 1. The number of methoxy groups -OCH3 is 1. The number of carboxylic acid groups (broad SMARTS) is 1. The van der Waals surface area contributed by atoms with Crippen LogP contribution < -0.4 is 16.5 Å². The third-order valence-electron chi connectivity index (χ3n) is 3.68. The van der Waals surface area contributed by atoms with Gasteiger partial charge in [0.25, 0.3) is 0 Å². The molecule has 9 heteroatoms. The molecule has 0 aliphatic carbocycles. The topological polar surface area (TPSA) is 143 Å². The van der Waals surface area contributed by atoms with E-state index < -0.39 is 12.0 Å². The Bertz CT molecular complexity index is 646. The summed E-state index contributed by atoms with van der Waals surface area (Å²) in [6.45, 7) is 0.490. The van der Waals surface area contributed by atoms with Crippen LogP contribution in [0.1, 0.15) is 37.7 Å². The summed E-state index contributed by atoms with van der Waals surface area (Å²) in [5.74, 6) is 3.41. The Morgan fingerprint density at radius 2 is 1.89 bits per heavy atom. The van der Waals surface area contributed by atoms with E-state index in [1.807, 2.05) is 0 Å². The summed E-state index contributed by atoms with van der Waals surface area (Å²) in [6, 6.07) is 6.41. The molecule has 0 fully saturated rings. The number of rotatable bonds is 12. The van der Waals surface area contributed by atoms with Crippen LogP contribution in [0.2, 0.25) is 0 Å². The van der Waals surface area contributed by atoms with Crippen LogP contribution in [0.5, 0.6) is 0 Å². The Labute approximate surface area is 158 Å². The van der Waals surface area contributed by atoms with E-state index in [-0.39, 0.29) is 31.1 Å². The third kappa shape index (κ3) is 9.95. The molecule has 0 aromatic heterocycles. The number of hydrazone groups is 1. The molecule has 27 heavy (non-hydrogen) atoms. The quantitative estimate of drug-likeness (QED) is 0.185. The molecule has 1 rings (SSSR count). The van der Waals surface area contributed by atoms with E-state index in [0.29, 0.717) is 25.1 Å². The van der Waals surface area contributed by atoms with E-state index in [9.17, 15) is 14.4 Å². The molecule has 0 spiro atoms. The lowest BCUT2D eigenvalue weighted by Gasteiger charge is -2.16. The van der Waals surface area contributed by atoms with Gasteiger partial charge in [0.15, 0.2) is 0 Å². The van der Waals surface area contributed by atoms with Crippen LogP contribution >= 0.6 is 0 Å². The number of carbonyl (C=O) groups excluding carboxylic acids is 2. The zero-order chi connectivity index (χ0) is 20.1. The minimum absolute atomic E-state index is 0.00426. The van der Waals surface area contributed by atoms with Crippen molar-refractivity contribution >= 4 is 29.7 Å². The van der Waals surface area contributed by atoms with Gasteiger partial charge < -0.3 is 26.3 Å². The number of nitrogens with one attached hydrogen (secondary N) is 2. The number of hydrogen-bond acceptors (Lipinski definition) is 6. The number of carboxylic acids is 1. The van der Waals surface area contributed by atoms with Crippen molar-refractivity contribution in [3.05, 3.63) is 29.8 Å². The minimum Gasteiger partial charge on any atom is -0.481 e. The molecule has 0 aliphatic heterocycles. The summed E-state index contributed by atoms with van der Waals surface area (Å²) in [6.07, 6.45) is 2.42. The lowest BCUT2D eigenvalue weighted by molar-refractivity contribution is -0.138. The molecule has 1 unspecified atom stereocenters. The normalized spacial score (nSPS) is 11.9. The lowest BCUT2D eigenvalue weighted by atomic mass is 10.1. The Kier molecular flexibility index (Phi) is 10.2. The molecule has 0 saturated heterocycles. The van der Waals surface area contributed by atoms with E-state index in [0.717, 1.165) is 5.56 Å². The Hall–Kier alpha value is -2.94. The zero-order valence-corrected chi connectivity index (χ0v) is 15.3. The standard InChI is InChI=1S/C18H26N4O5/c1-27-10-2-3-15(11-18(25)26)22-17(24)9-8-16(23)21-14-6-4-13(5-7-14)12-20-19/h4-7,12,15H,2-3,8-11,19H2,1H3,(H,21,23)(H,22,24)(H,25,26). The number of aliphatic carboxylic acids is 1. The molecule has 148 valence electrons. The van der Waals surface area contributed by atoms with Crippen LogP contribution in [-0.4, -0.2) is 48.9 Å². The van der Waals surface area contributed by atoms with Gasteiger partial charge in [0.2, 0.25) is 11.8 Å². The largest absolute Gasteiger partial charge is 0.481 e. The number of carbonyl (C=O) groups is 3. The Morgan fingerprint density at radius 3 is 2.48 bits per heavy atom. The first kappa shape index (κ1) is 22.1. The summed E-state index contributed by atoms with van der Waals surface area (Å²) in [7, 11) is 1.56. The van der Waals surface area contributed by atoms with Gasteiger partial charge in [-0.2, -0.15) is 5.10 Å². The first-order valence-electron chi connectivity index (χ1n) is 8.58. The molecule has 0 bridgehead atoms. The fraction of sp³-hybridized carbons (Fsp3) is 0.444. The van der Waals surface area contributed by atoms with E-state index in [1.165, 1.54) is 6.21 Å². The highest BCUT2D eigenvalue weighted by Crippen LogP contribution is 2.09. The summed E-state index contributed by atoms with van der Waals surface area (Å²) in [5.41, 5.74) is 1.39. The van der Waals surface area contributed by atoms with Crippen molar-refractivity contribution < 1.29 is 24.2 Å². The van der Waals surface area contributed by atoms with Gasteiger partial charge in [-0.05, 0) is 30.5 Å². The van der Waals surface area contributed by atoms with E-state index in [1.54, 1.807) is 31.4 Å². The fourth-order valence-electron chi connectivity index (χ4n) is 2.40. The van der Waals surface area contributed by atoms with E-state index in [2.05, 4.69) is 15.7 Å².